The van der Waals surface area contributed by atoms with E-state index in [1.807, 2.05) is 30.3 Å². The molecule has 0 aliphatic carbocycles. The number of hydrogen-bond acceptors (Lipinski definition) is 4. The second-order valence-corrected chi connectivity index (χ2v) is 8.14. The van der Waals surface area contributed by atoms with Gasteiger partial charge in [0.2, 0.25) is 5.91 Å². The molecule has 3 heterocycles. The summed E-state index contributed by atoms with van der Waals surface area (Å²) in [5.74, 6) is 0.655. The van der Waals surface area contributed by atoms with Crippen molar-refractivity contribution in [3.8, 4) is 0 Å². The van der Waals surface area contributed by atoms with Crippen molar-refractivity contribution in [1.82, 2.24) is 14.8 Å². The molecule has 1 aromatic heterocycles. The van der Waals surface area contributed by atoms with Crippen molar-refractivity contribution in [2.75, 3.05) is 32.4 Å². The SMILES string of the molecule is CN1CCCC[C@H]1CC(=O)N1CCC(c2nc3ccccc3cc2N)CC1. The molecule has 5 heteroatoms. The Morgan fingerprint density at radius 2 is 1.93 bits per heavy atom. The second-order valence-electron chi connectivity index (χ2n) is 8.14. The van der Waals surface area contributed by atoms with Crippen LogP contribution in [0.1, 0.15) is 50.1 Å². The zero-order valence-corrected chi connectivity index (χ0v) is 16.2. The molecule has 2 aliphatic heterocycles. The summed E-state index contributed by atoms with van der Waals surface area (Å²) in [5.41, 5.74) is 9.09. The number of nitrogens with zero attached hydrogens (tertiary/aromatic N) is 3. The Labute approximate surface area is 161 Å². The first-order valence-corrected chi connectivity index (χ1v) is 10.2. The normalized spacial score (nSPS) is 22.3. The van der Waals surface area contributed by atoms with E-state index in [0.717, 1.165) is 61.2 Å². The zero-order chi connectivity index (χ0) is 18.8. The minimum Gasteiger partial charge on any atom is -0.397 e. The topological polar surface area (TPSA) is 62.5 Å². The summed E-state index contributed by atoms with van der Waals surface area (Å²) in [6, 6.07) is 10.6. The van der Waals surface area contributed by atoms with Gasteiger partial charge in [-0.3, -0.25) is 9.78 Å². The molecular weight excluding hydrogens is 336 g/mol. The number of rotatable bonds is 3. The van der Waals surface area contributed by atoms with Gasteiger partial charge < -0.3 is 15.5 Å². The summed E-state index contributed by atoms with van der Waals surface area (Å²) in [7, 11) is 2.15. The minimum atomic E-state index is 0.312. The highest BCUT2D eigenvalue weighted by molar-refractivity contribution is 5.82. The summed E-state index contributed by atoms with van der Waals surface area (Å²) in [6.45, 7) is 2.74. The van der Waals surface area contributed by atoms with Gasteiger partial charge in [-0.1, -0.05) is 24.6 Å². The monoisotopic (exact) mass is 366 g/mol. The molecule has 27 heavy (non-hydrogen) atoms. The average molecular weight is 367 g/mol. The van der Waals surface area contributed by atoms with Crippen molar-refractivity contribution in [1.29, 1.82) is 0 Å². The first-order valence-electron chi connectivity index (χ1n) is 10.2. The number of anilines is 1. The van der Waals surface area contributed by atoms with Gasteiger partial charge in [-0.2, -0.15) is 0 Å². The number of pyridine rings is 1. The highest BCUT2D eigenvalue weighted by Gasteiger charge is 2.29. The maximum atomic E-state index is 12.8. The number of benzene rings is 1. The number of carbonyl (C=O) groups is 1. The van der Waals surface area contributed by atoms with E-state index in [1.54, 1.807) is 0 Å². The number of amides is 1. The fourth-order valence-electron chi connectivity index (χ4n) is 4.61. The van der Waals surface area contributed by atoms with E-state index in [4.69, 9.17) is 10.7 Å². The second kappa shape index (κ2) is 7.85. The largest absolute Gasteiger partial charge is 0.397 e. The van der Waals surface area contributed by atoms with E-state index in [1.165, 1.54) is 12.8 Å². The van der Waals surface area contributed by atoms with Crippen LogP contribution >= 0.6 is 0 Å². The van der Waals surface area contributed by atoms with Crippen molar-refractivity contribution in [3.05, 3.63) is 36.0 Å². The van der Waals surface area contributed by atoms with Crippen LogP contribution in [0.2, 0.25) is 0 Å². The van der Waals surface area contributed by atoms with Crippen LogP contribution in [0.25, 0.3) is 10.9 Å². The van der Waals surface area contributed by atoms with Crippen molar-refractivity contribution in [2.45, 2.75) is 50.5 Å². The Hall–Kier alpha value is -2.14. The summed E-state index contributed by atoms with van der Waals surface area (Å²) in [6.07, 6.45) is 6.21. The molecule has 2 fully saturated rings. The van der Waals surface area contributed by atoms with Gasteiger partial charge in [0.15, 0.2) is 0 Å². The number of nitrogens with two attached hydrogens (primary N) is 1. The quantitative estimate of drug-likeness (QED) is 0.904. The van der Waals surface area contributed by atoms with Crippen LogP contribution in [-0.2, 0) is 4.79 Å². The number of fused-ring (bicyclic) bond motifs is 1. The number of hydrogen-bond donors (Lipinski definition) is 1. The maximum absolute atomic E-state index is 12.8. The third kappa shape index (κ3) is 3.93. The van der Waals surface area contributed by atoms with Gasteiger partial charge in [-0.25, -0.2) is 0 Å². The number of carbonyl (C=O) groups excluding carboxylic acids is 1. The number of aromatic nitrogens is 1. The van der Waals surface area contributed by atoms with E-state index >= 15 is 0 Å². The lowest BCUT2D eigenvalue weighted by Gasteiger charge is -2.36. The van der Waals surface area contributed by atoms with Gasteiger partial charge in [0.25, 0.3) is 0 Å². The van der Waals surface area contributed by atoms with Crippen molar-refractivity contribution in [2.24, 2.45) is 0 Å². The lowest BCUT2D eigenvalue weighted by Crippen LogP contribution is -2.44. The third-order valence-corrected chi connectivity index (χ3v) is 6.35. The molecule has 2 aliphatic rings. The molecule has 2 saturated heterocycles. The Kier molecular flexibility index (Phi) is 5.30. The van der Waals surface area contributed by atoms with Crippen LogP contribution in [-0.4, -0.2) is 53.4 Å². The van der Waals surface area contributed by atoms with Crippen LogP contribution in [0.3, 0.4) is 0 Å². The molecule has 4 rings (SSSR count). The van der Waals surface area contributed by atoms with Crippen molar-refractivity contribution < 1.29 is 4.79 Å². The predicted molar refractivity (Wildman–Crippen MR) is 110 cm³/mol. The lowest BCUT2D eigenvalue weighted by atomic mass is 9.91. The molecule has 2 N–H and O–H groups in total. The zero-order valence-electron chi connectivity index (χ0n) is 16.2. The molecular formula is C22H30N4O. The van der Waals surface area contributed by atoms with E-state index in [0.29, 0.717) is 24.3 Å². The molecule has 0 saturated carbocycles. The third-order valence-electron chi connectivity index (χ3n) is 6.35. The summed E-state index contributed by atoms with van der Waals surface area (Å²) < 4.78 is 0. The maximum Gasteiger partial charge on any atom is 0.224 e. The fraction of sp³-hybridized carbons (Fsp3) is 0.545. The van der Waals surface area contributed by atoms with Crippen molar-refractivity contribution in [3.63, 3.8) is 0 Å². The Morgan fingerprint density at radius 1 is 1.15 bits per heavy atom. The standard InChI is InChI=1S/C22H30N4O/c1-25-11-5-4-7-18(25)15-21(27)26-12-9-16(10-13-26)22-19(23)14-17-6-2-3-8-20(17)24-22/h2-3,6,8,14,16,18H,4-5,7,9-13,15,23H2,1H3/t18-/m0/s1. The van der Waals surface area contributed by atoms with Gasteiger partial charge in [0, 0.05) is 36.9 Å². The van der Waals surface area contributed by atoms with Crippen molar-refractivity contribution >= 4 is 22.5 Å². The molecule has 0 unspecified atom stereocenters. The summed E-state index contributed by atoms with van der Waals surface area (Å²) in [5, 5.41) is 1.09. The molecule has 2 aromatic rings. The molecule has 5 nitrogen and oxygen atoms in total. The molecule has 144 valence electrons. The highest BCUT2D eigenvalue weighted by atomic mass is 16.2. The van der Waals surface area contributed by atoms with Crippen LogP contribution in [0.4, 0.5) is 5.69 Å². The summed E-state index contributed by atoms with van der Waals surface area (Å²) in [4.78, 5) is 22.0. The molecule has 1 aromatic carbocycles. The van der Waals surface area contributed by atoms with E-state index < -0.39 is 0 Å². The number of para-hydroxylation sites is 1. The highest BCUT2D eigenvalue weighted by Crippen LogP contribution is 2.32. The van der Waals surface area contributed by atoms with Crippen LogP contribution in [0.15, 0.2) is 30.3 Å². The minimum absolute atomic E-state index is 0.312. The molecule has 1 amide bonds. The van der Waals surface area contributed by atoms with Crippen LogP contribution in [0.5, 0.6) is 0 Å². The lowest BCUT2D eigenvalue weighted by molar-refractivity contribution is -0.133. The first-order chi connectivity index (χ1) is 13.1. The van der Waals surface area contributed by atoms with Gasteiger partial charge in [-0.15, -0.1) is 0 Å². The Balaban J connectivity index is 1.38. The molecule has 0 bridgehead atoms. The first kappa shape index (κ1) is 18.2. The van der Waals surface area contributed by atoms with Gasteiger partial charge in [-0.05, 0) is 51.4 Å². The molecule has 0 spiro atoms. The molecule has 0 radical (unpaired) electrons. The number of nitrogen functional groups attached to an aromatic ring is 1. The van der Waals surface area contributed by atoms with Crippen LogP contribution in [0, 0.1) is 0 Å². The molecule has 1 atom stereocenters. The fourth-order valence-corrected chi connectivity index (χ4v) is 4.61. The van der Waals surface area contributed by atoms with E-state index in [-0.39, 0.29) is 0 Å². The number of likely N-dealkylation sites (tertiary alicyclic amines) is 2. The van der Waals surface area contributed by atoms with Gasteiger partial charge in [0.05, 0.1) is 16.9 Å². The van der Waals surface area contributed by atoms with E-state index in [9.17, 15) is 4.79 Å². The summed E-state index contributed by atoms with van der Waals surface area (Å²) >= 11 is 0. The Morgan fingerprint density at radius 3 is 2.70 bits per heavy atom. The average Bonchev–Trinajstić information content (AvgIpc) is 2.69. The van der Waals surface area contributed by atoms with Crippen LogP contribution < -0.4 is 5.73 Å². The smallest absolute Gasteiger partial charge is 0.224 e. The predicted octanol–water partition coefficient (Wildman–Crippen LogP) is 3.40. The number of piperidine rings is 2. The van der Waals surface area contributed by atoms with E-state index in [2.05, 4.69) is 16.8 Å². The Bertz CT molecular complexity index is 813. The van der Waals surface area contributed by atoms with Gasteiger partial charge in [0.1, 0.15) is 0 Å². The van der Waals surface area contributed by atoms with Gasteiger partial charge >= 0.3 is 0 Å².